The molecule has 1 aromatic heterocycles. The van der Waals surface area contributed by atoms with E-state index < -0.39 is 5.91 Å². The van der Waals surface area contributed by atoms with Gasteiger partial charge in [0.05, 0.1) is 11.4 Å². The highest BCUT2D eigenvalue weighted by Gasteiger charge is 2.26. The Kier molecular flexibility index (Phi) is 6.17. The molecule has 1 aromatic carbocycles. The molecule has 5 nitrogen and oxygen atoms in total. The fraction of sp³-hybridized carbons (Fsp3) is 0.278. The predicted molar refractivity (Wildman–Crippen MR) is 107 cm³/mol. The summed E-state index contributed by atoms with van der Waals surface area (Å²) in [6.45, 7) is 8.23. The van der Waals surface area contributed by atoms with E-state index in [1.165, 1.54) is 5.56 Å². The second-order valence-corrected chi connectivity index (χ2v) is 7.96. The van der Waals surface area contributed by atoms with Crippen LogP contribution >= 0.6 is 34.8 Å². The van der Waals surface area contributed by atoms with E-state index in [2.05, 4.69) is 36.3 Å². The standard InChI is InChI=1S/C18H19Cl3N4O/c1-9(10-5-7-11(8-6-10)18(2,3)4)24-25-17(26)15-12(19)14(22)13(20)16(21)23-15/h5-8H,1-4H3,(H2,22,23)(H,25,26)/p+1/b24-9+. The molecule has 0 aliphatic carbocycles. The second-order valence-electron chi connectivity index (χ2n) is 6.82. The number of halogens is 3. The molecule has 0 aliphatic rings. The number of nitrogens with one attached hydrogen (secondary N) is 2. The van der Waals surface area contributed by atoms with Gasteiger partial charge in [0.25, 0.3) is 10.8 Å². The van der Waals surface area contributed by atoms with Crippen molar-refractivity contribution in [3.63, 3.8) is 0 Å². The van der Waals surface area contributed by atoms with Crippen molar-refractivity contribution in [2.75, 3.05) is 5.73 Å². The molecule has 26 heavy (non-hydrogen) atoms. The maximum atomic E-state index is 12.3. The maximum absolute atomic E-state index is 12.3. The van der Waals surface area contributed by atoms with Gasteiger partial charge in [0.2, 0.25) is 0 Å². The summed E-state index contributed by atoms with van der Waals surface area (Å²) in [6, 6.07) is 8.00. The Morgan fingerprint density at radius 2 is 1.69 bits per heavy atom. The Morgan fingerprint density at radius 1 is 1.12 bits per heavy atom. The molecule has 0 aliphatic heterocycles. The Balaban J connectivity index is 2.20. The second kappa shape index (κ2) is 7.82. The number of H-pyrrole nitrogens is 1. The van der Waals surface area contributed by atoms with Crippen LogP contribution in [0.3, 0.4) is 0 Å². The molecule has 0 spiro atoms. The van der Waals surface area contributed by atoms with Gasteiger partial charge in [-0.3, -0.25) is 4.79 Å². The van der Waals surface area contributed by atoms with E-state index in [1.54, 1.807) is 6.92 Å². The molecule has 0 unspecified atom stereocenters. The van der Waals surface area contributed by atoms with Crippen LogP contribution in [0.25, 0.3) is 0 Å². The van der Waals surface area contributed by atoms with Gasteiger partial charge in [-0.05, 0) is 35.1 Å². The number of hydrazone groups is 1. The number of benzene rings is 1. The minimum absolute atomic E-state index is 0.0146. The predicted octanol–water partition coefficient (Wildman–Crippen LogP) is 4.49. The van der Waals surface area contributed by atoms with Crippen LogP contribution in [0, 0.1) is 0 Å². The largest absolute Gasteiger partial charge is 0.396 e. The summed E-state index contributed by atoms with van der Waals surface area (Å²) in [7, 11) is 0. The average molecular weight is 415 g/mol. The highest BCUT2D eigenvalue weighted by Crippen LogP contribution is 2.32. The summed E-state index contributed by atoms with van der Waals surface area (Å²) < 4.78 is 0. The van der Waals surface area contributed by atoms with Crippen molar-refractivity contribution < 1.29 is 9.78 Å². The number of aromatic amines is 1. The third-order valence-corrected chi connectivity index (χ3v) is 5.01. The summed E-state index contributed by atoms with van der Waals surface area (Å²) in [5.41, 5.74) is 11.0. The van der Waals surface area contributed by atoms with Crippen molar-refractivity contribution >= 4 is 52.1 Å². The molecule has 2 aromatic rings. The van der Waals surface area contributed by atoms with Crippen LogP contribution in [-0.2, 0) is 5.41 Å². The Bertz CT molecular complexity index is 871. The average Bonchev–Trinajstić information content (AvgIpc) is 2.60. The minimum Gasteiger partial charge on any atom is -0.396 e. The summed E-state index contributed by atoms with van der Waals surface area (Å²) in [5, 5.41) is 4.18. The lowest BCUT2D eigenvalue weighted by molar-refractivity contribution is -0.379. The molecule has 0 bridgehead atoms. The van der Waals surface area contributed by atoms with E-state index in [4.69, 9.17) is 40.5 Å². The van der Waals surface area contributed by atoms with Crippen molar-refractivity contribution in [2.45, 2.75) is 33.1 Å². The lowest BCUT2D eigenvalue weighted by Crippen LogP contribution is -2.29. The first kappa shape index (κ1) is 20.5. The van der Waals surface area contributed by atoms with Gasteiger partial charge in [-0.1, -0.05) is 68.2 Å². The SMILES string of the molecule is C/C(=N\NC(=O)c1[nH+]c(Cl)c(Cl)c(N)c1Cl)c1ccc(C(C)(C)C)cc1. The van der Waals surface area contributed by atoms with Crippen molar-refractivity contribution in [3.05, 3.63) is 56.3 Å². The molecule has 0 atom stereocenters. The Hall–Kier alpha value is -1.82. The van der Waals surface area contributed by atoms with Crippen LogP contribution in [0.2, 0.25) is 15.2 Å². The van der Waals surface area contributed by atoms with Crippen LogP contribution in [0.15, 0.2) is 29.4 Å². The number of nitrogens with zero attached hydrogens (tertiary/aromatic N) is 1. The maximum Gasteiger partial charge on any atom is 0.337 e. The number of aromatic nitrogens is 1. The molecule has 2 rings (SSSR count). The van der Waals surface area contributed by atoms with E-state index >= 15 is 0 Å². The molecule has 1 amide bonds. The van der Waals surface area contributed by atoms with Gasteiger partial charge in [0.1, 0.15) is 10.0 Å². The number of hydrogen-bond donors (Lipinski definition) is 2. The van der Waals surface area contributed by atoms with Crippen LogP contribution in [-0.4, -0.2) is 11.6 Å². The van der Waals surface area contributed by atoms with E-state index in [-0.39, 0.29) is 32.0 Å². The number of rotatable bonds is 3. The zero-order chi connectivity index (χ0) is 19.6. The van der Waals surface area contributed by atoms with Crippen LogP contribution < -0.4 is 16.1 Å². The third-order valence-electron chi connectivity index (χ3n) is 3.84. The smallest absolute Gasteiger partial charge is 0.337 e. The summed E-state index contributed by atoms with van der Waals surface area (Å²) in [4.78, 5) is 14.9. The number of carbonyl (C=O) groups excluding carboxylic acids is 1. The molecule has 4 N–H and O–H groups in total. The quantitative estimate of drug-likeness (QED) is 0.440. The first-order chi connectivity index (χ1) is 12.0. The molecule has 8 heteroatoms. The van der Waals surface area contributed by atoms with Gasteiger partial charge in [-0.25, -0.2) is 5.43 Å². The molecule has 0 saturated heterocycles. The van der Waals surface area contributed by atoms with Gasteiger partial charge in [0, 0.05) is 0 Å². The fourth-order valence-electron chi connectivity index (χ4n) is 2.19. The molecule has 1 heterocycles. The van der Waals surface area contributed by atoms with E-state index in [9.17, 15) is 4.79 Å². The zero-order valence-corrected chi connectivity index (χ0v) is 17.1. The topological polar surface area (TPSA) is 81.6 Å². The molecular weight excluding hydrogens is 395 g/mol. The number of anilines is 1. The molecule has 0 saturated carbocycles. The highest BCUT2D eigenvalue weighted by molar-refractivity contribution is 6.45. The van der Waals surface area contributed by atoms with E-state index in [0.29, 0.717) is 5.71 Å². The van der Waals surface area contributed by atoms with Gasteiger partial charge in [0.15, 0.2) is 0 Å². The summed E-state index contributed by atoms with van der Waals surface area (Å²) in [6.07, 6.45) is 0. The number of nitrogen functional groups attached to an aromatic ring is 1. The normalized spacial score (nSPS) is 12.2. The Morgan fingerprint density at radius 3 is 2.23 bits per heavy atom. The van der Waals surface area contributed by atoms with Crippen molar-refractivity contribution in [1.82, 2.24) is 5.43 Å². The Labute approximate surface area is 167 Å². The van der Waals surface area contributed by atoms with E-state index in [1.807, 2.05) is 24.3 Å². The number of amides is 1. The molecule has 138 valence electrons. The van der Waals surface area contributed by atoms with Crippen molar-refractivity contribution in [2.24, 2.45) is 5.10 Å². The van der Waals surface area contributed by atoms with Crippen LogP contribution in [0.1, 0.15) is 49.3 Å². The number of carbonyl (C=O) groups is 1. The van der Waals surface area contributed by atoms with Gasteiger partial charge in [-0.2, -0.15) is 10.1 Å². The lowest BCUT2D eigenvalue weighted by Gasteiger charge is -2.19. The number of nitrogens with two attached hydrogens (primary N) is 1. The van der Waals surface area contributed by atoms with Gasteiger partial charge in [-0.15, -0.1) is 0 Å². The minimum atomic E-state index is -0.578. The van der Waals surface area contributed by atoms with Gasteiger partial charge < -0.3 is 5.73 Å². The first-order valence-corrected chi connectivity index (χ1v) is 8.96. The first-order valence-electron chi connectivity index (χ1n) is 7.83. The van der Waals surface area contributed by atoms with Crippen molar-refractivity contribution in [1.29, 1.82) is 0 Å². The third kappa shape index (κ3) is 4.47. The van der Waals surface area contributed by atoms with E-state index in [0.717, 1.165) is 5.56 Å². The zero-order valence-electron chi connectivity index (χ0n) is 14.9. The highest BCUT2D eigenvalue weighted by atomic mass is 35.5. The lowest BCUT2D eigenvalue weighted by atomic mass is 9.86. The number of hydrogen-bond acceptors (Lipinski definition) is 3. The monoisotopic (exact) mass is 413 g/mol. The van der Waals surface area contributed by atoms with Crippen molar-refractivity contribution in [3.8, 4) is 0 Å². The van der Waals surface area contributed by atoms with Crippen LogP contribution in [0.5, 0.6) is 0 Å². The van der Waals surface area contributed by atoms with Gasteiger partial charge >= 0.3 is 5.91 Å². The summed E-state index contributed by atoms with van der Waals surface area (Å²) in [5.74, 6) is -0.578. The molecular formula is C18H20Cl3N4O+. The van der Waals surface area contributed by atoms with Crippen LogP contribution in [0.4, 0.5) is 5.69 Å². The number of pyridine rings is 1. The fourth-order valence-corrected chi connectivity index (χ4v) is 2.81. The molecule has 0 fully saturated rings. The summed E-state index contributed by atoms with van der Waals surface area (Å²) >= 11 is 17.8. The molecule has 0 radical (unpaired) electrons.